The quantitative estimate of drug-likeness (QED) is 0.700. The van der Waals surface area contributed by atoms with Gasteiger partial charge in [-0.15, -0.1) is 11.3 Å². The lowest BCUT2D eigenvalue weighted by Crippen LogP contribution is -2.37. The Morgan fingerprint density at radius 2 is 2.20 bits per heavy atom. The second-order valence-corrected chi connectivity index (χ2v) is 8.27. The van der Waals surface area contributed by atoms with Gasteiger partial charge in [-0.25, -0.2) is 9.97 Å². The van der Waals surface area contributed by atoms with Crippen LogP contribution in [0.5, 0.6) is 0 Å². The van der Waals surface area contributed by atoms with E-state index in [0.717, 1.165) is 20.9 Å². The first-order valence-corrected chi connectivity index (χ1v) is 9.69. The smallest absolute Gasteiger partial charge is 0.257 e. The van der Waals surface area contributed by atoms with Gasteiger partial charge in [0.05, 0.1) is 21.1 Å². The third kappa shape index (κ3) is 3.07. The van der Waals surface area contributed by atoms with Crippen LogP contribution in [0.3, 0.4) is 0 Å². The summed E-state index contributed by atoms with van der Waals surface area (Å²) in [5, 5.41) is 4.64. The minimum Gasteiger partial charge on any atom is -0.326 e. The van der Waals surface area contributed by atoms with Crippen molar-refractivity contribution in [3.63, 3.8) is 0 Å². The molecule has 0 unspecified atom stereocenters. The number of aryl methyl sites for hydroxylation is 2. The molecule has 1 N–H and O–H groups in total. The maximum atomic E-state index is 12.6. The Labute approximate surface area is 152 Å². The fourth-order valence-corrected chi connectivity index (χ4v) is 4.68. The van der Waals surface area contributed by atoms with Gasteiger partial charge in [-0.3, -0.25) is 14.2 Å². The third-order valence-corrected chi connectivity index (χ3v) is 6.24. The van der Waals surface area contributed by atoms with Crippen LogP contribution in [0.1, 0.15) is 10.6 Å². The third-order valence-electron chi connectivity index (χ3n) is 4.13. The van der Waals surface area contributed by atoms with Crippen LogP contribution < -0.4 is 10.9 Å². The number of rotatable bonds is 2. The predicted octanol–water partition coefficient (Wildman–Crippen LogP) is 2.83. The number of nitrogens with one attached hydrogen (secondary N) is 1. The molecule has 6 nitrogen and oxygen atoms in total. The number of hydrogen-bond acceptors (Lipinski definition) is 6. The zero-order valence-corrected chi connectivity index (χ0v) is 15.4. The number of anilines is 1. The highest BCUT2D eigenvalue weighted by Gasteiger charge is 2.27. The standard InChI is InChI=1S/C17H16N4O2S2/c1-9-6-18-17-21(16(9)23)7-11(8-24-17)15(22)20-12-3-4-14-13(5-12)19-10(2)25-14/h3-6,11H,7-8H2,1-2H3,(H,20,22)/t11-/m1/s1. The van der Waals surface area contributed by atoms with E-state index >= 15 is 0 Å². The molecule has 4 rings (SSSR count). The number of fused-ring (bicyclic) bond motifs is 2. The molecule has 8 heteroatoms. The molecule has 3 heterocycles. The van der Waals surface area contributed by atoms with Crippen LogP contribution in [0, 0.1) is 19.8 Å². The van der Waals surface area contributed by atoms with Crippen molar-refractivity contribution in [3.05, 3.63) is 45.3 Å². The second-order valence-electron chi connectivity index (χ2n) is 6.05. The van der Waals surface area contributed by atoms with Gasteiger partial charge in [-0.05, 0) is 32.0 Å². The van der Waals surface area contributed by atoms with Gasteiger partial charge in [0.1, 0.15) is 0 Å². The van der Waals surface area contributed by atoms with Crippen molar-refractivity contribution in [2.45, 2.75) is 25.5 Å². The van der Waals surface area contributed by atoms with Crippen LogP contribution in [-0.2, 0) is 11.3 Å². The Bertz CT molecular complexity index is 1040. The maximum absolute atomic E-state index is 12.6. The Morgan fingerprint density at radius 1 is 1.36 bits per heavy atom. The highest BCUT2D eigenvalue weighted by atomic mass is 32.2. The Kier molecular flexibility index (Phi) is 4.09. The van der Waals surface area contributed by atoms with Crippen molar-refractivity contribution in [1.29, 1.82) is 0 Å². The largest absolute Gasteiger partial charge is 0.326 e. The summed E-state index contributed by atoms with van der Waals surface area (Å²) in [6.07, 6.45) is 1.59. The normalized spacial score (nSPS) is 16.6. The van der Waals surface area contributed by atoms with Crippen molar-refractivity contribution in [1.82, 2.24) is 14.5 Å². The van der Waals surface area contributed by atoms with Gasteiger partial charge < -0.3 is 5.32 Å². The molecular weight excluding hydrogens is 356 g/mol. The number of carbonyl (C=O) groups is 1. The van der Waals surface area contributed by atoms with Gasteiger partial charge >= 0.3 is 0 Å². The van der Waals surface area contributed by atoms with Crippen LogP contribution >= 0.6 is 23.1 Å². The summed E-state index contributed by atoms with van der Waals surface area (Å²) < 4.78 is 2.70. The zero-order valence-electron chi connectivity index (χ0n) is 13.8. The minimum absolute atomic E-state index is 0.0747. The lowest BCUT2D eigenvalue weighted by Gasteiger charge is -2.24. The van der Waals surface area contributed by atoms with Crippen molar-refractivity contribution < 1.29 is 4.79 Å². The van der Waals surface area contributed by atoms with Crippen molar-refractivity contribution in [2.24, 2.45) is 5.92 Å². The molecule has 1 atom stereocenters. The molecule has 1 aliphatic rings. The minimum atomic E-state index is -0.272. The first-order chi connectivity index (χ1) is 12.0. The summed E-state index contributed by atoms with van der Waals surface area (Å²) in [7, 11) is 0. The van der Waals surface area contributed by atoms with Crippen LogP contribution in [0.2, 0.25) is 0 Å². The van der Waals surface area contributed by atoms with E-state index in [-0.39, 0.29) is 17.4 Å². The Hall–Kier alpha value is -2.19. The number of hydrogen-bond donors (Lipinski definition) is 1. The van der Waals surface area contributed by atoms with Crippen LogP contribution in [0.25, 0.3) is 10.2 Å². The summed E-state index contributed by atoms with van der Waals surface area (Å²) >= 11 is 3.08. The van der Waals surface area contributed by atoms with E-state index in [1.54, 1.807) is 29.0 Å². The van der Waals surface area contributed by atoms with Gasteiger partial charge in [0.15, 0.2) is 5.16 Å². The molecule has 1 aliphatic heterocycles. The molecule has 25 heavy (non-hydrogen) atoms. The number of carbonyl (C=O) groups excluding carboxylic acids is 1. The van der Waals surface area contributed by atoms with E-state index in [2.05, 4.69) is 15.3 Å². The van der Waals surface area contributed by atoms with E-state index in [1.807, 2.05) is 25.1 Å². The van der Waals surface area contributed by atoms with Gasteiger partial charge in [0.25, 0.3) is 5.56 Å². The fraction of sp³-hybridized carbons (Fsp3) is 0.294. The molecule has 1 aromatic carbocycles. The highest BCUT2D eigenvalue weighted by Crippen LogP contribution is 2.27. The Morgan fingerprint density at radius 3 is 3.04 bits per heavy atom. The summed E-state index contributed by atoms with van der Waals surface area (Å²) in [6, 6.07) is 5.75. The molecule has 0 radical (unpaired) electrons. The molecule has 2 aromatic heterocycles. The molecular formula is C17H16N4O2S2. The lowest BCUT2D eigenvalue weighted by atomic mass is 10.1. The monoisotopic (exact) mass is 372 g/mol. The van der Waals surface area contributed by atoms with Crippen LogP contribution in [0.15, 0.2) is 34.3 Å². The SMILES string of the molecule is Cc1nc2cc(NC(=O)[C@H]3CSc4ncc(C)c(=O)n4C3)ccc2s1. The summed E-state index contributed by atoms with van der Waals surface area (Å²) in [5.74, 6) is 0.254. The van der Waals surface area contributed by atoms with E-state index in [9.17, 15) is 9.59 Å². The number of thiazole rings is 1. The first-order valence-electron chi connectivity index (χ1n) is 7.88. The zero-order chi connectivity index (χ0) is 17.6. The average Bonchev–Trinajstić information content (AvgIpc) is 2.97. The summed E-state index contributed by atoms with van der Waals surface area (Å²) in [5.41, 5.74) is 2.14. The molecule has 128 valence electrons. The van der Waals surface area contributed by atoms with Crippen molar-refractivity contribution in [3.8, 4) is 0 Å². The molecule has 0 saturated carbocycles. The first kappa shape index (κ1) is 16.3. The summed E-state index contributed by atoms with van der Waals surface area (Å²) in [4.78, 5) is 33.6. The van der Waals surface area contributed by atoms with Crippen molar-refractivity contribution in [2.75, 3.05) is 11.1 Å². The van der Waals surface area contributed by atoms with Crippen LogP contribution in [-0.4, -0.2) is 26.2 Å². The van der Waals surface area contributed by atoms with Crippen molar-refractivity contribution >= 4 is 44.9 Å². The lowest BCUT2D eigenvalue weighted by molar-refractivity contribution is -0.119. The molecule has 0 spiro atoms. The summed E-state index contributed by atoms with van der Waals surface area (Å²) in [6.45, 7) is 4.06. The van der Waals surface area contributed by atoms with Gasteiger partial charge in [-0.2, -0.15) is 0 Å². The van der Waals surface area contributed by atoms with E-state index in [1.165, 1.54) is 11.8 Å². The number of nitrogens with zero attached hydrogens (tertiary/aromatic N) is 3. The predicted molar refractivity (Wildman–Crippen MR) is 100 cm³/mol. The Balaban J connectivity index is 1.54. The molecule has 3 aromatic rings. The van der Waals surface area contributed by atoms with E-state index < -0.39 is 0 Å². The van der Waals surface area contributed by atoms with Crippen LogP contribution in [0.4, 0.5) is 5.69 Å². The van der Waals surface area contributed by atoms with Gasteiger partial charge in [-0.1, -0.05) is 11.8 Å². The van der Waals surface area contributed by atoms with E-state index in [0.29, 0.717) is 23.0 Å². The molecule has 1 amide bonds. The highest BCUT2D eigenvalue weighted by molar-refractivity contribution is 7.99. The number of thioether (sulfide) groups is 1. The molecule has 0 fully saturated rings. The number of aromatic nitrogens is 3. The fourth-order valence-electron chi connectivity index (χ4n) is 2.82. The van der Waals surface area contributed by atoms with E-state index in [4.69, 9.17) is 0 Å². The topological polar surface area (TPSA) is 76.9 Å². The molecule has 0 aliphatic carbocycles. The molecule has 0 saturated heterocycles. The van der Waals surface area contributed by atoms with Gasteiger partial charge in [0, 0.05) is 29.7 Å². The molecule has 0 bridgehead atoms. The average molecular weight is 372 g/mol. The maximum Gasteiger partial charge on any atom is 0.257 e. The van der Waals surface area contributed by atoms with Gasteiger partial charge in [0.2, 0.25) is 5.91 Å². The second kappa shape index (κ2) is 6.27. The number of amides is 1. The number of benzene rings is 1.